The molecule has 1 aromatic rings. The molecule has 24 heavy (non-hydrogen) atoms. The fourth-order valence-corrected chi connectivity index (χ4v) is 2.85. The fourth-order valence-electron chi connectivity index (χ4n) is 2.33. The number of halogens is 1. The molecular formula is C16H19BrN2O5. The van der Waals surface area contributed by atoms with Crippen molar-refractivity contribution in [2.24, 2.45) is 0 Å². The molecule has 0 spiro atoms. The number of carboxylic acids is 1. The second-order valence-corrected chi connectivity index (χ2v) is 6.33. The molecule has 0 aromatic heterocycles. The summed E-state index contributed by atoms with van der Waals surface area (Å²) >= 11 is 3.33. The first-order chi connectivity index (χ1) is 11.5. The summed E-state index contributed by atoms with van der Waals surface area (Å²) in [6, 6.07) is 3.24. The number of hydrogen-bond acceptors (Lipinski definition) is 4. The first kappa shape index (κ1) is 18.3. The summed E-state index contributed by atoms with van der Waals surface area (Å²) < 4.78 is 5.88. The molecule has 0 aliphatic carbocycles. The van der Waals surface area contributed by atoms with Crippen LogP contribution in [0.15, 0.2) is 16.6 Å². The first-order valence-corrected chi connectivity index (χ1v) is 8.53. The smallest absolute Gasteiger partial charge is 0.303 e. The molecule has 0 saturated carbocycles. The molecule has 0 atom stereocenters. The molecule has 1 aromatic carbocycles. The van der Waals surface area contributed by atoms with Crippen LogP contribution in [0.1, 0.15) is 42.5 Å². The van der Waals surface area contributed by atoms with E-state index in [1.807, 2.05) is 0 Å². The largest absolute Gasteiger partial charge is 0.482 e. The van der Waals surface area contributed by atoms with E-state index >= 15 is 0 Å². The number of unbranched alkanes of at least 4 members (excludes halogenated alkanes) is 3. The number of fused-ring (bicyclic) bond motifs is 1. The SMILES string of the molecule is O=C(O)CCCCCCNC(=O)c1cc2c(cc1Br)NC(=O)CO2. The van der Waals surface area contributed by atoms with Gasteiger partial charge in [0.2, 0.25) is 0 Å². The summed E-state index contributed by atoms with van der Waals surface area (Å²) in [5, 5.41) is 14.1. The molecular weight excluding hydrogens is 380 g/mol. The van der Waals surface area contributed by atoms with Crippen LogP contribution in [-0.2, 0) is 9.59 Å². The number of amides is 2. The quantitative estimate of drug-likeness (QED) is 0.583. The minimum atomic E-state index is -0.779. The number of aliphatic carboxylic acids is 1. The van der Waals surface area contributed by atoms with Crippen LogP contribution < -0.4 is 15.4 Å². The molecule has 3 N–H and O–H groups in total. The predicted molar refractivity (Wildman–Crippen MR) is 91.3 cm³/mol. The van der Waals surface area contributed by atoms with Gasteiger partial charge >= 0.3 is 5.97 Å². The molecule has 1 heterocycles. The van der Waals surface area contributed by atoms with Gasteiger partial charge in [-0.3, -0.25) is 14.4 Å². The monoisotopic (exact) mass is 398 g/mol. The lowest BCUT2D eigenvalue weighted by Crippen LogP contribution is -2.27. The van der Waals surface area contributed by atoms with Crippen molar-refractivity contribution in [1.82, 2.24) is 5.32 Å². The van der Waals surface area contributed by atoms with Gasteiger partial charge in [0.15, 0.2) is 6.61 Å². The summed E-state index contributed by atoms with van der Waals surface area (Å²) in [4.78, 5) is 33.9. The molecule has 0 unspecified atom stereocenters. The average molecular weight is 399 g/mol. The van der Waals surface area contributed by atoms with E-state index in [4.69, 9.17) is 9.84 Å². The van der Waals surface area contributed by atoms with Crippen molar-refractivity contribution in [1.29, 1.82) is 0 Å². The molecule has 2 amide bonds. The maximum absolute atomic E-state index is 12.2. The summed E-state index contributed by atoms with van der Waals surface area (Å²) in [6.45, 7) is 0.457. The lowest BCUT2D eigenvalue weighted by Gasteiger charge is -2.19. The van der Waals surface area contributed by atoms with Gasteiger partial charge in [-0.05, 0) is 40.9 Å². The van der Waals surface area contributed by atoms with Gasteiger partial charge in [0, 0.05) is 17.4 Å². The van der Waals surface area contributed by atoms with Crippen molar-refractivity contribution in [3.63, 3.8) is 0 Å². The fraction of sp³-hybridized carbons (Fsp3) is 0.438. The molecule has 0 fully saturated rings. The van der Waals surface area contributed by atoms with Crippen molar-refractivity contribution in [2.75, 3.05) is 18.5 Å². The number of carbonyl (C=O) groups excluding carboxylic acids is 2. The van der Waals surface area contributed by atoms with E-state index in [1.165, 1.54) is 0 Å². The first-order valence-electron chi connectivity index (χ1n) is 7.73. The maximum Gasteiger partial charge on any atom is 0.303 e. The number of benzene rings is 1. The summed E-state index contributed by atoms with van der Waals surface area (Å²) in [5.41, 5.74) is 0.976. The van der Waals surface area contributed by atoms with Crippen LogP contribution in [0.4, 0.5) is 5.69 Å². The Hall–Kier alpha value is -2.09. The van der Waals surface area contributed by atoms with Gasteiger partial charge < -0.3 is 20.5 Å². The van der Waals surface area contributed by atoms with Gasteiger partial charge in [0.05, 0.1) is 11.3 Å². The van der Waals surface area contributed by atoms with Crippen LogP contribution >= 0.6 is 15.9 Å². The molecule has 0 bridgehead atoms. The number of carbonyl (C=O) groups is 3. The lowest BCUT2D eigenvalue weighted by atomic mass is 10.1. The summed E-state index contributed by atoms with van der Waals surface area (Å²) in [7, 11) is 0. The maximum atomic E-state index is 12.2. The molecule has 2 rings (SSSR count). The standard InChI is InChI=1S/C16H19BrN2O5/c17-11-8-12-13(24-9-14(20)19-12)7-10(11)16(23)18-6-4-2-1-3-5-15(21)22/h7-8H,1-6,9H2,(H,18,23)(H,19,20)(H,21,22). The Morgan fingerprint density at radius 2 is 2.00 bits per heavy atom. The van der Waals surface area contributed by atoms with Crippen molar-refractivity contribution >= 4 is 39.4 Å². The van der Waals surface area contributed by atoms with Crippen LogP contribution in [-0.4, -0.2) is 36.0 Å². The van der Waals surface area contributed by atoms with Gasteiger partial charge in [-0.15, -0.1) is 0 Å². The Balaban J connectivity index is 1.80. The van der Waals surface area contributed by atoms with Crippen molar-refractivity contribution in [2.45, 2.75) is 32.1 Å². The van der Waals surface area contributed by atoms with Gasteiger partial charge in [-0.2, -0.15) is 0 Å². The van der Waals surface area contributed by atoms with Gasteiger partial charge in [0.25, 0.3) is 11.8 Å². The zero-order valence-corrected chi connectivity index (χ0v) is 14.6. The number of rotatable bonds is 8. The highest BCUT2D eigenvalue weighted by Crippen LogP contribution is 2.33. The van der Waals surface area contributed by atoms with Gasteiger partial charge in [-0.25, -0.2) is 0 Å². The Morgan fingerprint density at radius 3 is 2.75 bits per heavy atom. The molecule has 8 heteroatoms. The van der Waals surface area contributed by atoms with Gasteiger partial charge in [0.1, 0.15) is 5.75 Å². The minimum Gasteiger partial charge on any atom is -0.482 e. The van der Waals surface area contributed by atoms with Crippen molar-refractivity contribution in [3.8, 4) is 5.75 Å². The zero-order valence-electron chi connectivity index (χ0n) is 13.1. The normalized spacial score (nSPS) is 12.8. The Morgan fingerprint density at radius 1 is 1.25 bits per heavy atom. The Kier molecular flexibility index (Phi) is 6.60. The van der Waals surface area contributed by atoms with E-state index in [-0.39, 0.29) is 24.8 Å². The molecule has 130 valence electrons. The topological polar surface area (TPSA) is 105 Å². The van der Waals surface area contributed by atoms with Crippen LogP contribution in [0, 0.1) is 0 Å². The second-order valence-electron chi connectivity index (χ2n) is 5.48. The van der Waals surface area contributed by atoms with E-state index in [0.717, 1.165) is 19.3 Å². The Labute approximate surface area is 147 Å². The second kappa shape index (κ2) is 8.68. The number of nitrogens with one attached hydrogen (secondary N) is 2. The van der Waals surface area contributed by atoms with E-state index in [0.29, 0.717) is 34.4 Å². The molecule has 1 aliphatic rings. The van der Waals surface area contributed by atoms with Crippen LogP contribution in [0.5, 0.6) is 5.75 Å². The highest BCUT2D eigenvalue weighted by Gasteiger charge is 2.20. The third-order valence-electron chi connectivity index (χ3n) is 3.55. The third kappa shape index (κ3) is 5.23. The van der Waals surface area contributed by atoms with Crippen LogP contribution in [0.3, 0.4) is 0 Å². The van der Waals surface area contributed by atoms with Crippen LogP contribution in [0.2, 0.25) is 0 Å². The van der Waals surface area contributed by atoms with E-state index in [9.17, 15) is 14.4 Å². The zero-order chi connectivity index (χ0) is 17.5. The van der Waals surface area contributed by atoms with E-state index in [1.54, 1.807) is 12.1 Å². The summed E-state index contributed by atoms with van der Waals surface area (Å²) in [6.07, 6.45) is 3.33. The number of ether oxygens (including phenoxy) is 1. The number of anilines is 1. The number of hydrogen-bond donors (Lipinski definition) is 3. The highest BCUT2D eigenvalue weighted by molar-refractivity contribution is 9.10. The highest BCUT2D eigenvalue weighted by atomic mass is 79.9. The number of carboxylic acid groups (broad SMARTS) is 1. The van der Waals surface area contributed by atoms with Crippen LogP contribution in [0.25, 0.3) is 0 Å². The van der Waals surface area contributed by atoms with E-state index in [2.05, 4.69) is 26.6 Å². The molecule has 1 aliphatic heterocycles. The Bertz CT molecular complexity index is 648. The molecule has 7 nitrogen and oxygen atoms in total. The van der Waals surface area contributed by atoms with Crippen molar-refractivity contribution in [3.05, 3.63) is 22.2 Å². The predicted octanol–water partition coefficient (Wildman–Crippen LogP) is 2.54. The summed E-state index contributed by atoms with van der Waals surface area (Å²) in [5.74, 6) is -0.763. The lowest BCUT2D eigenvalue weighted by molar-refractivity contribution is -0.137. The molecule has 0 radical (unpaired) electrons. The molecule has 0 saturated heterocycles. The van der Waals surface area contributed by atoms with E-state index < -0.39 is 5.97 Å². The third-order valence-corrected chi connectivity index (χ3v) is 4.21. The van der Waals surface area contributed by atoms with Crippen molar-refractivity contribution < 1.29 is 24.2 Å². The minimum absolute atomic E-state index is 0.0635. The average Bonchev–Trinajstić information content (AvgIpc) is 2.52. The van der Waals surface area contributed by atoms with Gasteiger partial charge in [-0.1, -0.05) is 12.8 Å².